The van der Waals surface area contributed by atoms with Crippen LogP contribution in [0.15, 0.2) is 96.4 Å². The van der Waals surface area contributed by atoms with Gasteiger partial charge in [0.15, 0.2) is 0 Å². The van der Waals surface area contributed by atoms with Gasteiger partial charge in [-0.05, 0) is 35.9 Å². The summed E-state index contributed by atoms with van der Waals surface area (Å²) >= 11 is 6.28. The third-order valence-electron chi connectivity index (χ3n) is 5.15. The van der Waals surface area contributed by atoms with Crippen LogP contribution in [0, 0.1) is 0 Å². The summed E-state index contributed by atoms with van der Waals surface area (Å²) in [4.78, 5) is 15.0. The average Bonchev–Trinajstić information content (AvgIpc) is 2.86. The Morgan fingerprint density at radius 1 is 1.03 bits per heavy atom. The van der Waals surface area contributed by atoms with Crippen molar-refractivity contribution in [1.82, 2.24) is 4.90 Å². The molecule has 8 heteroatoms. The third kappa shape index (κ3) is 6.05. The van der Waals surface area contributed by atoms with Crippen LogP contribution in [0.5, 0.6) is 0 Å². The summed E-state index contributed by atoms with van der Waals surface area (Å²) < 4.78 is 33.5. The van der Waals surface area contributed by atoms with E-state index in [4.69, 9.17) is 16.3 Å². The number of nitrogens with zero attached hydrogens (tertiary/aromatic N) is 2. The van der Waals surface area contributed by atoms with Crippen molar-refractivity contribution in [1.29, 1.82) is 0 Å². The second kappa shape index (κ2) is 11.8. The molecule has 0 fully saturated rings. The molecule has 34 heavy (non-hydrogen) atoms. The van der Waals surface area contributed by atoms with Gasteiger partial charge in [0.1, 0.15) is 0 Å². The number of sulfonamides is 1. The number of para-hydroxylation sites is 1. The second-order valence-electron chi connectivity index (χ2n) is 7.51. The van der Waals surface area contributed by atoms with Gasteiger partial charge in [0.2, 0.25) is 0 Å². The Morgan fingerprint density at radius 2 is 1.74 bits per heavy atom. The smallest absolute Gasteiger partial charge is 0.264 e. The van der Waals surface area contributed by atoms with E-state index in [1.165, 1.54) is 22.5 Å². The van der Waals surface area contributed by atoms with Gasteiger partial charge in [0.05, 0.1) is 28.8 Å². The lowest BCUT2D eigenvalue weighted by Gasteiger charge is -2.25. The van der Waals surface area contributed by atoms with Gasteiger partial charge in [0, 0.05) is 25.8 Å². The molecule has 0 radical (unpaired) electrons. The van der Waals surface area contributed by atoms with Crippen molar-refractivity contribution in [3.05, 3.63) is 108 Å². The SMILES string of the molecule is C=CCN(c1ccccc1Cl)S(=O)(=O)c1cccc(C(=O)N(CCOC)Cc2ccccc2)c1. The maximum absolute atomic E-state index is 13.6. The largest absolute Gasteiger partial charge is 0.383 e. The summed E-state index contributed by atoms with van der Waals surface area (Å²) in [6, 6.07) is 22.3. The molecular formula is C26H27ClN2O4S. The summed E-state index contributed by atoms with van der Waals surface area (Å²) in [5.74, 6) is -0.286. The molecule has 3 aromatic rings. The maximum atomic E-state index is 13.6. The number of benzene rings is 3. The van der Waals surface area contributed by atoms with Crippen LogP contribution < -0.4 is 4.31 Å². The average molecular weight is 499 g/mol. The fourth-order valence-electron chi connectivity index (χ4n) is 3.45. The second-order valence-corrected chi connectivity index (χ2v) is 9.78. The highest BCUT2D eigenvalue weighted by Crippen LogP contribution is 2.30. The minimum atomic E-state index is -4.01. The molecule has 0 spiro atoms. The van der Waals surface area contributed by atoms with E-state index in [2.05, 4.69) is 6.58 Å². The molecule has 6 nitrogen and oxygen atoms in total. The van der Waals surface area contributed by atoms with Crippen molar-refractivity contribution in [2.24, 2.45) is 0 Å². The molecule has 0 aromatic heterocycles. The van der Waals surface area contributed by atoms with Crippen LogP contribution in [0.4, 0.5) is 5.69 Å². The Balaban J connectivity index is 1.95. The first-order chi connectivity index (χ1) is 16.4. The standard InChI is InChI=1S/C26H27ClN2O4S/c1-3-16-29(25-15-8-7-14-24(25)27)34(31,32)23-13-9-12-22(19-23)26(30)28(17-18-33-2)20-21-10-5-4-6-11-21/h3-15,19H,1,16-18,20H2,2H3. The Labute approximate surface area is 206 Å². The number of methoxy groups -OCH3 is 1. The molecule has 0 aliphatic carbocycles. The first kappa shape index (κ1) is 25.5. The predicted molar refractivity (Wildman–Crippen MR) is 136 cm³/mol. The quantitative estimate of drug-likeness (QED) is 0.348. The highest BCUT2D eigenvalue weighted by molar-refractivity contribution is 7.92. The van der Waals surface area contributed by atoms with E-state index in [1.807, 2.05) is 30.3 Å². The van der Waals surface area contributed by atoms with Crippen molar-refractivity contribution < 1.29 is 17.9 Å². The molecule has 0 aliphatic rings. The lowest BCUT2D eigenvalue weighted by Crippen LogP contribution is -2.34. The van der Waals surface area contributed by atoms with Gasteiger partial charge in [-0.15, -0.1) is 6.58 Å². The molecule has 0 heterocycles. The first-order valence-electron chi connectivity index (χ1n) is 10.7. The zero-order valence-corrected chi connectivity index (χ0v) is 20.5. The Kier molecular flexibility index (Phi) is 8.87. The number of hydrogen-bond acceptors (Lipinski definition) is 4. The van der Waals surface area contributed by atoms with E-state index < -0.39 is 10.0 Å². The molecule has 3 rings (SSSR count). The normalized spacial score (nSPS) is 11.1. The number of anilines is 1. The molecule has 3 aromatic carbocycles. The maximum Gasteiger partial charge on any atom is 0.264 e. The van der Waals surface area contributed by atoms with Crippen LogP contribution in [0.25, 0.3) is 0 Å². The highest BCUT2D eigenvalue weighted by Gasteiger charge is 2.27. The Morgan fingerprint density at radius 3 is 2.41 bits per heavy atom. The third-order valence-corrected chi connectivity index (χ3v) is 7.25. The van der Waals surface area contributed by atoms with Crippen LogP contribution >= 0.6 is 11.6 Å². The molecule has 0 aliphatic heterocycles. The van der Waals surface area contributed by atoms with Crippen molar-refractivity contribution in [2.45, 2.75) is 11.4 Å². The molecule has 178 valence electrons. The van der Waals surface area contributed by atoms with Crippen molar-refractivity contribution in [2.75, 3.05) is 31.1 Å². The van der Waals surface area contributed by atoms with Gasteiger partial charge in [0.25, 0.3) is 15.9 Å². The summed E-state index contributed by atoms with van der Waals surface area (Å²) in [6.07, 6.45) is 1.49. The zero-order valence-electron chi connectivity index (χ0n) is 18.9. The van der Waals surface area contributed by atoms with Gasteiger partial charge >= 0.3 is 0 Å². The van der Waals surface area contributed by atoms with Crippen LogP contribution in [-0.2, 0) is 21.3 Å². The van der Waals surface area contributed by atoms with E-state index in [0.717, 1.165) is 5.56 Å². The summed E-state index contributed by atoms with van der Waals surface area (Å²) in [7, 11) is -2.44. The molecule has 0 saturated heterocycles. The zero-order chi connectivity index (χ0) is 24.6. The number of hydrogen-bond donors (Lipinski definition) is 0. The lowest BCUT2D eigenvalue weighted by molar-refractivity contribution is 0.0680. The van der Waals surface area contributed by atoms with Crippen molar-refractivity contribution >= 4 is 33.2 Å². The predicted octanol–water partition coefficient (Wildman–Crippen LogP) is 5.01. The molecule has 0 atom stereocenters. The van der Waals surface area contributed by atoms with Gasteiger partial charge in [-0.2, -0.15) is 0 Å². The summed E-state index contributed by atoms with van der Waals surface area (Å²) in [5.41, 5.74) is 1.57. The summed E-state index contributed by atoms with van der Waals surface area (Å²) in [6.45, 7) is 4.80. The summed E-state index contributed by atoms with van der Waals surface area (Å²) in [5, 5.41) is 0.300. The van der Waals surface area contributed by atoms with Crippen LogP contribution in [-0.4, -0.2) is 46.0 Å². The van der Waals surface area contributed by atoms with E-state index >= 15 is 0 Å². The molecule has 1 amide bonds. The topological polar surface area (TPSA) is 66.9 Å². The molecule has 0 N–H and O–H groups in total. The van der Waals surface area contributed by atoms with Crippen LogP contribution in [0.1, 0.15) is 15.9 Å². The van der Waals surface area contributed by atoms with Gasteiger partial charge in [-0.1, -0.05) is 66.2 Å². The van der Waals surface area contributed by atoms with Gasteiger partial charge < -0.3 is 9.64 Å². The van der Waals surface area contributed by atoms with Gasteiger partial charge in [-0.25, -0.2) is 8.42 Å². The van der Waals surface area contributed by atoms with E-state index in [-0.39, 0.29) is 22.9 Å². The number of rotatable bonds is 11. The van der Waals surface area contributed by atoms with E-state index in [9.17, 15) is 13.2 Å². The monoisotopic (exact) mass is 498 g/mol. The minimum Gasteiger partial charge on any atom is -0.383 e. The van der Waals surface area contributed by atoms with E-state index in [0.29, 0.717) is 30.4 Å². The molecule has 0 unspecified atom stereocenters. The van der Waals surface area contributed by atoms with Gasteiger partial charge in [-0.3, -0.25) is 9.10 Å². The van der Waals surface area contributed by atoms with Crippen LogP contribution in [0.2, 0.25) is 5.02 Å². The Bertz CT molecular complexity index is 1230. The first-order valence-corrected chi connectivity index (χ1v) is 12.5. The molecular weight excluding hydrogens is 472 g/mol. The molecule has 0 saturated carbocycles. The Hall–Kier alpha value is -3.13. The fraction of sp³-hybridized carbons (Fsp3) is 0.192. The number of halogens is 1. The highest BCUT2D eigenvalue weighted by atomic mass is 35.5. The fourth-order valence-corrected chi connectivity index (χ4v) is 5.24. The number of ether oxygens (including phenoxy) is 1. The van der Waals surface area contributed by atoms with Crippen molar-refractivity contribution in [3.8, 4) is 0 Å². The van der Waals surface area contributed by atoms with Crippen LogP contribution in [0.3, 0.4) is 0 Å². The van der Waals surface area contributed by atoms with E-state index in [1.54, 1.807) is 48.4 Å². The number of carbonyl (C=O) groups is 1. The molecule has 0 bridgehead atoms. The lowest BCUT2D eigenvalue weighted by atomic mass is 10.1. The number of amides is 1. The van der Waals surface area contributed by atoms with Crippen molar-refractivity contribution in [3.63, 3.8) is 0 Å². The number of carbonyl (C=O) groups excluding carboxylic acids is 1. The minimum absolute atomic E-state index is 0.00785.